The second kappa shape index (κ2) is 9.16. The minimum absolute atomic E-state index is 0.0977. The monoisotopic (exact) mass is 521 g/mol. The van der Waals surface area contributed by atoms with Crippen LogP contribution in [-0.4, -0.2) is 72.1 Å². The molecule has 4 heterocycles. The number of benzene rings is 1. The number of hydrogen-bond donors (Lipinski definition) is 4. The van der Waals surface area contributed by atoms with Crippen molar-refractivity contribution in [2.75, 3.05) is 11.9 Å². The number of fused-ring (bicyclic) bond motifs is 3. The molecule has 0 amide bonds. The molecule has 1 aromatic carbocycles. The van der Waals surface area contributed by atoms with Crippen LogP contribution < -0.4 is 5.32 Å². The number of hydrogen-bond acceptors (Lipinski definition) is 9. The Hall–Kier alpha value is -2.41. The van der Waals surface area contributed by atoms with E-state index in [2.05, 4.69) is 20.3 Å². The predicted octanol–water partition coefficient (Wildman–Crippen LogP) is 2.74. The average molecular weight is 522 g/mol. The number of rotatable bonds is 6. The molecule has 2 fully saturated rings. The van der Waals surface area contributed by atoms with Gasteiger partial charge in [0, 0.05) is 18.0 Å². The maximum Gasteiger partial charge on any atom is 0.223 e. The van der Waals surface area contributed by atoms with Gasteiger partial charge < -0.3 is 34.7 Å². The normalized spacial score (nSPS) is 26.2. The number of aliphatic hydroxyl groups is 3. The molecular weight excluding hydrogens is 493 g/mol. The summed E-state index contributed by atoms with van der Waals surface area (Å²) < 4.78 is 28.2. The minimum atomic E-state index is -1.28. The number of imidazole rings is 1. The van der Waals surface area contributed by atoms with E-state index in [4.69, 9.17) is 21.1 Å². The van der Waals surface area contributed by atoms with Crippen LogP contribution in [0.1, 0.15) is 46.0 Å². The second-order valence-corrected chi connectivity index (χ2v) is 10.4. The van der Waals surface area contributed by atoms with Crippen LogP contribution in [0.4, 0.5) is 10.3 Å². The third-order valence-corrected chi connectivity index (χ3v) is 6.80. The van der Waals surface area contributed by atoms with Crippen molar-refractivity contribution < 1.29 is 29.2 Å². The summed E-state index contributed by atoms with van der Waals surface area (Å²) in [7, 11) is 0. The molecule has 2 aliphatic rings. The molecule has 10 nitrogen and oxygen atoms in total. The molecule has 194 valence electrons. The van der Waals surface area contributed by atoms with Gasteiger partial charge in [0.25, 0.3) is 0 Å². The van der Waals surface area contributed by atoms with Crippen molar-refractivity contribution in [3.05, 3.63) is 35.0 Å². The Bertz CT molecular complexity index is 1290. The first-order valence-corrected chi connectivity index (χ1v) is 12.2. The molecule has 5 rings (SSSR count). The van der Waals surface area contributed by atoms with Gasteiger partial charge in [0.2, 0.25) is 5.95 Å². The van der Waals surface area contributed by atoms with Crippen molar-refractivity contribution in [1.29, 1.82) is 0 Å². The third-order valence-electron chi connectivity index (χ3n) is 6.52. The number of nitrogens with one attached hydrogen (secondary N) is 1. The average Bonchev–Trinajstić information content (AvgIpc) is 3.38. The molecule has 4 N–H and O–H groups in total. The molecule has 3 aromatic rings. The number of anilines is 1. The SMILES string of the molecule is CC(C)n1c(C(C)(C)O)nc2c(F)cc(-c3nc(NC4C[C@@H]5O[C@@H]([C@@H](CO)O5)[C@H]4O)ncc3Cl)cc21. The summed E-state index contributed by atoms with van der Waals surface area (Å²) in [6.07, 6.45) is -1.06. The van der Waals surface area contributed by atoms with Gasteiger partial charge in [-0.3, -0.25) is 0 Å². The Labute approximate surface area is 212 Å². The molecule has 36 heavy (non-hydrogen) atoms. The zero-order valence-corrected chi connectivity index (χ0v) is 21.1. The molecule has 0 spiro atoms. The standard InChI is InChI=1S/C24H29ClFN5O5/c1-10(2)31-15-6-11(5-13(26)19(15)29-22(31)24(3,4)34)18-12(25)8-27-23(30-18)28-14-7-17-35-16(9-32)21(36-17)20(14)33/h5-6,8,10,14,16-17,20-21,32-34H,7,9H2,1-4H3,(H,27,28,30)/t14?,16-,17+,20+,21+/m1/s1. The number of aromatic nitrogens is 4. The molecule has 1 unspecified atom stereocenters. The minimum Gasteiger partial charge on any atom is -0.394 e. The Morgan fingerprint density at radius 2 is 2.03 bits per heavy atom. The Kier molecular flexibility index (Phi) is 6.42. The summed E-state index contributed by atoms with van der Waals surface area (Å²) in [6.45, 7) is 6.81. The van der Waals surface area contributed by atoms with E-state index in [9.17, 15) is 15.3 Å². The van der Waals surface area contributed by atoms with E-state index in [1.807, 2.05) is 13.8 Å². The lowest BCUT2D eigenvalue weighted by Gasteiger charge is -2.33. The van der Waals surface area contributed by atoms with Crippen LogP contribution in [0, 0.1) is 5.82 Å². The molecular formula is C24H29ClFN5O5. The van der Waals surface area contributed by atoms with E-state index < -0.39 is 42.1 Å². The lowest BCUT2D eigenvalue weighted by atomic mass is 9.97. The highest BCUT2D eigenvalue weighted by Gasteiger charge is 2.49. The third kappa shape index (κ3) is 4.33. The first-order chi connectivity index (χ1) is 17.0. The van der Waals surface area contributed by atoms with E-state index in [1.54, 1.807) is 24.5 Å². The molecule has 0 saturated carbocycles. The highest BCUT2D eigenvalue weighted by Crippen LogP contribution is 2.36. The quantitative estimate of drug-likeness (QED) is 0.386. The van der Waals surface area contributed by atoms with Gasteiger partial charge in [0.15, 0.2) is 12.1 Å². The zero-order chi connectivity index (χ0) is 25.9. The lowest BCUT2D eigenvalue weighted by Crippen LogP contribution is -2.50. The van der Waals surface area contributed by atoms with E-state index in [1.165, 1.54) is 12.3 Å². The number of aliphatic hydroxyl groups excluding tert-OH is 2. The highest BCUT2D eigenvalue weighted by molar-refractivity contribution is 6.33. The summed E-state index contributed by atoms with van der Waals surface area (Å²) in [5, 5.41) is 34.1. The zero-order valence-electron chi connectivity index (χ0n) is 20.3. The molecule has 2 saturated heterocycles. The van der Waals surface area contributed by atoms with Gasteiger partial charge in [-0.2, -0.15) is 0 Å². The molecule has 5 atom stereocenters. The maximum atomic E-state index is 15.3. The molecule has 12 heteroatoms. The van der Waals surface area contributed by atoms with Crippen LogP contribution in [-0.2, 0) is 15.1 Å². The largest absolute Gasteiger partial charge is 0.394 e. The van der Waals surface area contributed by atoms with Crippen LogP contribution >= 0.6 is 11.6 Å². The maximum absolute atomic E-state index is 15.3. The van der Waals surface area contributed by atoms with Crippen molar-refractivity contribution >= 4 is 28.6 Å². The van der Waals surface area contributed by atoms with E-state index >= 15 is 4.39 Å². The molecule has 2 bridgehead atoms. The highest BCUT2D eigenvalue weighted by atomic mass is 35.5. The predicted molar refractivity (Wildman–Crippen MR) is 130 cm³/mol. The fraction of sp³-hybridized carbons (Fsp3) is 0.542. The van der Waals surface area contributed by atoms with Gasteiger partial charge in [-0.1, -0.05) is 11.6 Å². The van der Waals surface area contributed by atoms with Crippen molar-refractivity contribution in [2.24, 2.45) is 0 Å². The van der Waals surface area contributed by atoms with Crippen molar-refractivity contribution in [3.8, 4) is 11.3 Å². The summed E-state index contributed by atoms with van der Waals surface area (Å²) in [5.74, 6) is -0.0261. The van der Waals surface area contributed by atoms with Crippen LogP contribution in [0.5, 0.6) is 0 Å². The van der Waals surface area contributed by atoms with Crippen LogP contribution in [0.3, 0.4) is 0 Å². The van der Waals surface area contributed by atoms with E-state index in [-0.39, 0.29) is 29.1 Å². The molecule has 0 radical (unpaired) electrons. The van der Waals surface area contributed by atoms with Crippen molar-refractivity contribution in [1.82, 2.24) is 19.5 Å². The van der Waals surface area contributed by atoms with Gasteiger partial charge in [0.1, 0.15) is 35.3 Å². The first kappa shape index (κ1) is 25.2. The first-order valence-electron chi connectivity index (χ1n) is 11.8. The number of nitrogens with zero attached hydrogens (tertiary/aromatic N) is 4. The van der Waals surface area contributed by atoms with Crippen molar-refractivity contribution in [3.63, 3.8) is 0 Å². The number of ether oxygens (including phenoxy) is 2. The van der Waals surface area contributed by atoms with Gasteiger partial charge >= 0.3 is 0 Å². The lowest BCUT2D eigenvalue weighted by molar-refractivity contribution is -0.124. The Morgan fingerprint density at radius 3 is 2.69 bits per heavy atom. The summed E-state index contributed by atoms with van der Waals surface area (Å²) in [5.41, 5.74) is 0.0841. The summed E-state index contributed by atoms with van der Waals surface area (Å²) >= 11 is 6.43. The topological polar surface area (TPSA) is 135 Å². The van der Waals surface area contributed by atoms with Gasteiger partial charge in [-0.05, 0) is 39.8 Å². The molecule has 0 aliphatic carbocycles. The summed E-state index contributed by atoms with van der Waals surface area (Å²) in [4.78, 5) is 13.1. The van der Waals surface area contributed by atoms with Gasteiger partial charge in [-0.25, -0.2) is 19.3 Å². The Morgan fingerprint density at radius 1 is 1.28 bits per heavy atom. The fourth-order valence-electron chi connectivity index (χ4n) is 4.89. The summed E-state index contributed by atoms with van der Waals surface area (Å²) in [6, 6.07) is 2.45. The smallest absolute Gasteiger partial charge is 0.223 e. The molecule has 2 aliphatic heterocycles. The van der Waals surface area contributed by atoms with Crippen molar-refractivity contribution in [2.45, 2.75) is 76.4 Å². The van der Waals surface area contributed by atoms with Gasteiger partial charge in [-0.15, -0.1) is 0 Å². The van der Waals surface area contributed by atoms with E-state index in [0.29, 0.717) is 29.0 Å². The number of halogens is 2. The molecule has 2 aromatic heterocycles. The Balaban J connectivity index is 1.52. The second-order valence-electron chi connectivity index (χ2n) is 10.0. The van der Waals surface area contributed by atoms with Gasteiger partial charge in [0.05, 0.1) is 35.1 Å². The van der Waals surface area contributed by atoms with Crippen LogP contribution in [0.25, 0.3) is 22.3 Å². The van der Waals surface area contributed by atoms with Crippen LogP contribution in [0.2, 0.25) is 5.02 Å². The van der Waals surface area contributed by atoms with E-state index in [0.717, 1.165) is 0 Å². The van der Waals surface area contributed by atoms with Crippen LogP contribution in [0.15, 0.2) is 18.3 Å². The fourth-order valence-corrected chi connectivity index (χ4v) is 5.09.